The van der Waals surface area contributed by atoms with Gasteiger partial charge in [0.05, 0.1) is 23.1 Å². The number of nitrogens with zero attached hydrogens (tertiary/aromatic N) is 1. The fourth-order valence-electron chi connectivity index (χ4n) is 6.20. The van der Waals surface area contributed by atoms with Gasteiger partial charge in [-0.25, -0.2) is 9.69 Å². The summed E-state index contributed by atoms with van der Waals surface area (Å²) in [7, 11) is 0. The normalized spacial score (nSPS) is 30.2. The monoisotopic (exact) mass is 455 g/mol. The van der Waals surface area contributed by atoms with E-state index in [1.807, 2.05) is 19.9 Å². The van der Waals surface area contributed by atoms with Gasteiger partial charge in [-0.3, -0.25) is 14.4 Å². The van der Waals surface area contributed by atoms with Crippen LogP contribution in [-0.2, 0) is 14.3 Å². The first-order chi connectivity index (χ1) is 16.3. The Bertz CT molecular complexity index is 1260. The van der Waals surface area contributed by atoms with Crippen molar-refractivity contribution < 1.29 is 23.9 Å². The summed E-state index contributed by atoms with van der Waals surface area (Å²) in [6, 6.07) is 11.7. The van der Waals surface area contributed by atoms with Crippen LogP contribution in [0.1, 0.15) is 38.3 Å². The van der Waals surface area contributed by atoms with Gasteiger partial charge in [-0.05, 0) is 79.3 Å². The van der Waals surface area contributed by atoms with Crippen molar-refractivity contribution in [2.75, 3.05) is 11.5 Å². The maximum atomic E-state index is 13.3. The Morgan fingerprint density at radius 1 is 0.882 bits per heavy atom. The number of Topliss-reactive ketones (excluding diaryl/α,β-unsaturated/α-hetero) is 1. The van der Waals surface area contributed by atoms with Crippen molar-refractivity contribution in [2.24, 2.45) is 35.5 Å². The summed E-state index contributed by atoms with van der Waals surface area (Å²) in [5, 5.41) is 0. The van der Waals surface area contributed by atoms with E-state index in [1.54, 1.807) is 30.3 Å². The highest BCUT2D eigenvalue weighted by atomic mass is 16.5. The van der Waals surface area contributed by atoms with E-state index in [4.69, 9.17) is 4.74 Å². The van der Waals surface area contributed by atoms with Gasteiger partial charge in [0.2, 0.25) is 11.8 Å². The van der Waals surface area contributed by atoms with Gasteiger partial charge >= 0.3 is 5.97 Å². The average Bonchev–Trinajstić information content (AvgIpc) is 3.62. The molecule has 0 unspecified atom stereocenters. The smallest absolute Gasteiger partial charge is 0.338 e. The molecular weight excluding hydrogens is 430 g/mol. The van der Waals surface area contributed by atoms with E-state index in [9.17, 15) is 19.2 Å². The summed E-state index contributed by atoms with van der Waals surface area (Å²) >= 11 is 0. The molecule has 6 heteroatoms. The first kappa shape index (κ1) is 21.0. The number of carbonyl (C=O) groups excluding carboxylic acids is 4. The van der Waals surface area contributed by atoms with Crippen molar-refractivity contribution in [1.29, 1.82) is 0 Å². The summed E-state index contributed by atoms with van der Waals surface area (Å²) in [6.07, 6.45) is 5.38. The summed E-state index contributed by atoms with van der Waals surface area (Å²) in [6.45, 7) is 3.51. The molecule has 2 aromatic rings. The van der Waals surface area contributed by atoms with Crippen LogP contribution in [0.2, 0.25) is 0 Å². The summed E-state index contributed by atoms with van der Waals surface area (Å²) in [5.74, 6) is -0.535. The van der Waals surface area contributed by atoms with Crippen LogP contribution in [0.15, 0.2) is 54.6 Å². The minimum Gasteiger partial charge on any atom is -0.454 e. The number of aryl methyl sites for hydroxylation is 2. The molecule has 172 valence electrons. The number of hydrogen-bond donors (Lipinski definition) is 0. The number of rotatable bonds is 5. The molecule has 34 heavy (non-hydrogen) atoms. The maximum absolute atomic E-state index is 13.3. The van der Waals surface area contributed by atoms with Crippen molar-refractivity contribution in [1.82, 2.24) is 0 Å². The van der Waals surface area contributed by atoms with Gasteiger partial charge in [-0.2, -0.15) is 0 Å². The molecule has 2 bridgehead atoms. The van der Waals surface area contributed by atoms with E-state index in [0.717, 1.165) is 17.5 Å². The van der Waals surface area contributed by atoms with Gasteiger partial charge in [0.1, 0.15) is 0 Å². The lowest BCUT2D eigenvalue weighted by Gasteiger charge is -2.37. The Labute approximate surface area is 197 Å². The molecule has 1 aliphatic heterocycles. The fraction of sp³-hybridized carbons (Fsp3) is 0.357. The number of amides is 2. The molecule has 2 amide bonds. The van der Waals surface area contributed by atoms with E-state index in [2.05, 4.69) is 12.2 Å². The van der Waals surface area contributed by atoms with Crippen LogP contribution < -0.4 is 4.90 Å². The number of imide groups is 1. The number of allylic oxidation sites excluding steroid dienone is 2. The Balaban J connectivity index is 1.18. The number of anilines is 1. The summed E-state index contributed by atoms with van der Waals surface area (Å²) in [5.41, 5.74) is 3.14. The molecule has 4 aliphatic carbocycles. The quantitative estimate of drug-likeness (QED) is 0.296. The fourth-order valence-corrected chi connectivity index (χ4v) is 6.20. The van der Waals surface area contributed by atoms with Crippen LogP contribution >= 0.6 is 0 Å². The molecule has 6 nitrogen and oxygen atoms in total. The number of benzene rings is 2. The molecule has 3 fully saturated rings. The van der Waals surface area contributed by atoms with E-state index < -0.39 is 5.97 Å². The number of esters is 1. The largest absolute Gasteiger partial charge is 0.454 e. The van der Waals surface area contributed by atoms with Crippen LogP contribution in [0.4, 0.5) is 5.69 Å². The van der Waals surface area contributed by atoms with Crippen LogP contribution in [0, 0.1) is 49.4 Å². The van der Waals surface area contributed by atoms with Gasteiger partial charge in [0.15, 0.2) is 12.4 Å². The van der Waals surface area contributed by atoms with Crippen molar-refractivity contribution in [3.63, 3.8) is 0 Å². The molecule has 6 atom stereocenters. The minimum atomic E-state index is -0.668. The van der Waals surface area contributed by atoms with E-state index >= 15 is 0 Å². The molecule has 1 heterocycles. The molecule has 2 saturated carbocycles. The molecule has 2 aromatic carbocycles. The lowest BCUT2D eigenvalue weighted by molar-refractivity contribution is -0.124. The third-order valence-electron chi connectivity index (χ3n) is 8.17. The number of carbonyl (C=O) groups is 4. The number of hydrogen-bond acceptors (Lipinski definition) is 5. The lowest BCUT2D eigenvalue weighted by atomic mass is 9.63. The summed E-state index contributed by atoms with van der Waals surface area (Å²) < 4.78 is 5.26. The zero-order chi connectivity index (χ0) is 23.7. The van der Waals surface area contributed by atoms with Gasteiger partial charge in [0.25, 0.3) is 0 Å². The Hall–Kier alpha value is -3.54. The molecule has 0 aromatic heterocycles. The van der Waals surface area contributed by atoms with Gasteiger partial charge in [0, 0.05) is 5.56 Å². The van der Waals surface area contributed by atoms with Crippen molar-refractivity contribution in [2.45, 2.75) is 20.3 Å². The number of ether oxygens (including phenoxy) is 1. The lowest BCUT2D eigenvalue weighted by Crippen LogP contribution is -2.40. The first-order valence-electron chi connectivity index (χ1n) is 11.8. The van der Waals surface area contributed by atoms with Gasteiger partial charge < -0.3 is 4.74 Å². The Morgan fingerprint density at radius 2 is 1.56 bits per heavy atom. The zero-order valence-electron chi connectivity index (χ0n) is 19.1. The van der Waals surface area contributed by atoms with Gasteiger partial charge in [-0.15, -0.1) is 0 Å². The van der Waals surface area contributed by atoms with Gasteiger partial charge in [-0.1, -0.05) is 30.4 Å². The van der Waals surface area contributed by atoms with Crippen LogP contribution in [0.25, 0.3) is 0 Å². The second-order valence-corrected chi connectivity index (χ2v) is 10.0. The molecule has 7 rings (SSSR count). The highest BCUT2D eigenvalue weighted by molar-refractivity contribution is 6.23. The highest BCUT2D eigenvalue weighted by Crippen LogP contribution is 2.65. The molecule has 1 saturated heterocycles. The standard InChI is InChI=1S/C28H25NO5/c1-14-6-7-16(10-15(14)2)23(30)13-34-28(33)17-4-3-5-18(11-17)29-26(31)24-19-8-9-20(22-12-21(19)22)25(24)27(29)32/h3-11,19-22,24-25H,12-13H2,1-2H3/t19-,20-,21-,22-,24-,25+/m1/s1. The SMILES string of the molecule is Cc1ccc(C(=O)COC(=O)c2cccc(N3C(=O)[C@@H]4[C@@H]5C=C[C@H]([C@H]6C[C@H]56)[C@@H]4C3=O)c2)cc1C. The predicted octanol–water partition coefficient (Wildman–Crippen LogP) is 3.90. The van der Waals surface area contributed by atoms with Crippen molar-refractivity contribution >= 4 is 29.3 Å². The Kier molecular flexibility index (Phi) is 4.63. The third-order valence-corrected chi connectivity index (χ3v) is 8.17. The topological polar surface area (TPSA) is 80.8 Å². The Morgan fingerprint density at radius 3 is 2.21 bits per heavy atom. The molecule has 0 N–H and O–H groups in total. The van der Waals surface area contributed by atoms with E-state index in [1.165, 1.54) is 11.0 Å². The minimum absolute atomic E-state index is 0.144. The third kappa shape index (κ3) is 3.08. The second-order valence-electron chi connectivity index (χ2n) is 10.0. The summed E-state index contributed by atoms with van der Waals surface area (Å²) in [4.78, 5) is 53.0. The zero-order valence-corrected chi connectivity index (χ0v) is 19.1. The maximum Gasteiger partial charge on any atom is 0.338 e. The van der Waals surface area contributed by atoms with Crippen molar-refractivity contribution in [3.05, 3.63) is 76.9 Å². The van der Waals surface area contributed by atoms with Crippen LogP contribution in [0.3, 0.4) is 0 Å². The predicted molar refractivity (Wildman–Crippen MR) is 124 cm³/mol. The molecular formula is C28H25NO5. The van der Waals surface area contributed by atoms with Crippen molar-refractivity contribution in [3.8, 4) is 0 Å². The highest BCUT2D eigenvalue weighted by Gasteiger charge is 2.67. The molecule has 0 spiro atoms. The second kappa shape index (κ2) is 7.49. The van der Waals surface area contributed by atoms with E-state index in [0.29, 0.717) is 23.1 Å². The molecule has 5 aliphatic rings. The van der Waals surface area contributed by atoms with E-state index in [-0.39, 0.29) is 53.4 Å². The van der Waals surface area contributed by atoms with Crippen LogP contribution in [-0.4, -0.2) is 30.2 Å². The van der Waals surface area contributed by atoms with Crippen LogP contribution in [0.5, 0.6) is 0 Å². The first-order valence-corrected chi connectivity index (χ1v) is 11.8. The molecule has 0 radical (unpaired) electrons. The average molecular weight is 456 g/mol. The number of ketones is 1.